The van der Waals surface area contributed by atoms with Gasteiger partial charge < -0.3 is 5.32 Å². The Balaban J connectivity index is 1.89. The number of benzene rings is 1. The SMILES string of the molecule is Cc1ccc([N+](=O)[O-])cc1NC(=O)C(C)n1nc(-c2ccncc2)ccc1=O. The fourth-order valence-corrected chi connectivity index (χ4v) is 2.59. The van der Waals surface area contributed by atoms with Crippen molar-refractivity contribution in [3.05, 3.63) is 80.9 Å². The molecule has 3 rings (SSSR count). The lowest BCUT2D eigenvalue weighted by Gasteiger charge is -2.16. The van der Waals surface area contributed by atoms with Crippen molar-refractivity contribution in [2.24, 2.45) is 0 Å². The van der Waals surface area contributed by atoms with Crippen LogP contribution in [0.25, 0.3) is 11.3 Å². The van der Waals surface area contributed by atoms with E-state index in [4.69, 9.17) is 0 Å². The Hall–Kier alpha value is -3.88. The van der Waals surface area contributed by atoms with Gasteiger partial charge in [0.15, 0.2) is 0 Å². The van der Waals surface area contributed by atoms with Crippen molar-refractivity contribution in [1.29, 1.82) is 0 Å². The zero-order chi connectivity index (χ0) is 20.3. The van der Waals surface area contributed by atoms with Crippen molar-refractivity contribution >= 4 is 17.3 Å². The van der Waals surface area contributed by atoms with Gasteiger partial charge in [0.2, 0.25) is 5.91 Å². The van der Waals surface area contributed by atoms with Crippen molar-refractivity contribution in [3.63, 3.8) is 0 Å². The van der Waals surface area contributed by atoms with Gasteiger partial charge in [-0.1, -0.05) is 6.07 Å². The minimum Gasteiger partial charge on any atom is -0.324 e. The largest absolute Gasteiger partial charge is 0.324 e. The molecule has 1 amide bonds. The van der Waals surface area contributed by atoms with Gasteiger partial charge in [-0.05, 0) is 37.6 Å². The van der Waals surface area contributed by atoms with Crippen LogP contribution in [0.15, 0.2) is 59.7 Å². The molecule has 0 aliphatic heterocycles. The van der Waals surface area contributed by atoms with Crippen molar-refractivity contribution in [1.82, 2.24) is 14.8 Å². The molecular weight excluding hydrogens is 362 g/mol. The van der Waals surface area contributed by atoms with E-state index in [1.807, 2.05) is 0 Å². The number of amides is 1. The third kappa shape index (κ3) is 3.93. The third-order valence-electron chi connectivity index (χ3n) is 4.24. The molecule has 0 aliphatic rings. The number of hydrogen-bond acceptors (Lipinski definition) is 6. The van der Waals surface area contributed by atoms with E-state index in [0.717, 1.165) is 10.2 Å². The number of nitro benzene ring substituents is 1. The van der Waals surface area contributed by atoms with Gasteiger partial charge in [-0.3, -0.25) is 24.7 Å². The summed E-state index contributed by atoms with van der Waals surface area (Å²) in [6.07, 6.45) is 3.21. The van der Waals surface area contributed by atoms with Crippen LogP contribution in [-0.4, -0.2) is 25.6 Å². The van der Waals surface area contributed by atoms with Crippen molar-refractivity contribution in [2.75, 3.05) is 5.32 Å². The van der Waals surface area contributed by atoms with Crippen LogP contribution in [0.1, 0.15) is 18.5 Å². The van der Waals surface area contributed by atoms with E-state index in [1.54, 1.807) is 43.6 Å². The molecule has 28 heavy (non-hydrogen) atoms. The fraction of sp³-hybridized carbons (Fsp3) is 0.158. The molecule has 1 N–H and O–H groups in total. The summed E-state index contributed by atoms with van der Waals surface area (Å²) in [5.41, 5.74) is 1.68. The Labute approximate surface area is 159 Å². The molecule has 0 saturated heterocycles. The number of pyridine rings is 1. The van der Waals surface area contributed by atoms with Crippen LogP contribution < -0.4 is 10.9 Å². The highest BCUT2D eigenvalue weighted by atomic mass is 16.6. The van der Waals surface area contributed by atoms with E-state index in [1.165, 1.54) is 25.1 Å². The number of nitrogens with one attached hydrogen (secondary N) is 1. The molecule has 0 aliphatic carbocycles. The number of nitrogens with zero attached hydrogens (tertiary/aromatic N) is 4. The first kappa shape index (κ1) is 18.9. The normalized spacial score (nSPS) is 11.6. The van der Waals surface area contributed by atoms with Gasteiger partial charge >= 0.3 is 0 Å². The molecule has 0 fully saturated rings. The van der Waals surface area contributed by atoms with E-state index in [0.29, 0.717) is 16.9 Å². The van der Waals surface area contributed by atoms with Gasteiger partial charge in [0.05, 0.1) is 16.3 Å². The highest BCUT2D eigenvalue weighted by Gasteiger charge is 2.20. The van der Waals surface area contributed by atoms with E-state index >= 15 is 0 Å². The predicted octanol–water partition coefficient (Wildman–Crippen LogP) is 2.72. The van der Waals surface area contributed by atoms with Gasteiger partial charge in [-0.2, -0.15) is 5.10 Å². The van der Waals surface area contributed by atoms with Gasteiger partial charge in [0.1, 0.15) is 6.04 Å². The van der Waals surface area contributed by atoms with Crippen LogP contribution in [0.2, 0.25) is 0 Å². The van der Waals surface area contributed by atoms with Crippen LogP contribution in [0.3, 0.4) is 0 Å². The second kappa shape index (κ2) is 7.78. The molecular formula is C19H17N5O4. The monoisotopic (exact) mass is 379 g/mol. The van der Waals surface area contributed by atoms with Gasteiger partial charge in [0, 0.05) is 36.2 Å². The first-order chi connectivity index (χ1) is 13.4. The summed E-state index contributed by atoms with van der Waals surface area (Å²) < 4.78 is 1.08. The molecule has 0 bridgehead atoms. The quantitative estimate of drug-likeness (QED) is 0.537. The summed E-state index contributed by atoms with van der Waals surface area (Å²) in [5.74, 6) is -0.509. The summed E-state index contributed by atoms with van der Waals surface area (Å²) in [5, 5.41) is 17.9. The molecule has 0 spiro atoms. The minimum absolute atomic E-state index is 0.136. The van der Waals surface area contributed by atoms with Crippen LogP contribution in [0.5, 0.6) is 0 Å². The molecule has 0 radical (unpaired) electrons. The molecule has 2 aromatic heterocycles. The molecule has 9 nitrogen and oxygen atoms in total. The number of rotatable bonds is 5. The average Bonchev–Trinajstić information content (AvgIpc) is 2.70. The van der Waals surface area contributed by atoms with Gasteiger partial charge in [0.25, 0.3) is 11.2 Å². The molecule has 2 heterocycles. The number of carbonyl (C=O) groups excluding carboxylic acids is 1. The number of carbonyl (C=O) groups is 1. The van der Waals surface area contributed by atoms with Gasteiger partial charge in [-0.25, -0.2) is 4.68 Å². The summed E-state index contributed by atoms with van der Waals surface area (Å²) in [6, 6.07) is 9.67. The van der Waals surface area contributed by atoms with E-state index < -0.39 is 22.4 Å². The average molecular weight is 379 g/mol. The predicted molar refractivity (Wildman–Crippen MR) is 103 cm³/mol. The second-order valence-corrected chi connectivity index (χ2v) is 6.16. The molecule has 3 aromatic rings. The molecule has 1 unspecified atom stereocenters. The van der Waals surface area contributed by atoms with Gasteiger partial charge in [-0.15, -0.1) is 0 Å². The van der Waals surface area contributed by atoms with E-state index in [2.05, 4.69) is 15.4 Å². The highest BCUT2D eigenvalue weighted by Crippen LogP contribution is 2.23. The molecule has 1 atom stereocenters. The third-order valence-corrected chi connectivity index (χ3v) is 4.24. The molecule has 9 heteroatoms. The number of nitro groups is 1. The number of aryl methyl sites for hydroxylation is 1. The Morgan fingerprint density at radius 2 is 1.89 bits per heavy atom. The number of hydrogen-bond donors (Lipinski definition) is 1. The Kier molecular flexibility index (Phi) is 5.25. The lowest BCUT2D eigenvalue weighted by atomic mass is 10.1. The summed E-state index contributed by atoms with van der Waals surface area (Å²) in [6.45, 7) is 3.26. The van der Waals surface area contributed by atoms with Crippen LogP contribution in [-0.2, 0) is 4.79 Å². The first-order valence-electron chi connectivity index (χ1n) is 8.43. The Bertz CT molecular complexity index is 1090. The van der Waals surface area contributed by atoms with E-state index in [-0.39, 0.29) is 5.69 Å². The van der Waals surface area contributed by atoms with E-state index in [9.17, 15) is 19.7 Å². The lowest BCUT2D eigenvalue weighted by molar-refractivity contribution is -0.384. The Morgan fingerprint density at radius 1 is 1.18 bits per heavy atom. The molecule has 0 saturated carbocycles. The summed E-state index contributed by atoms with van der Waals surface area (Å²) >= 11 is 0. The maximum atomic E-state index is 12.7. The minimum atomic E-state index is -0.923. The van der Waals surface area contributed by atoms with Crippen LogP contribution in [0.4, 0.5) is 11.4 Å². The number of aromatic nitrogens is 3. The number of anilines is 1. The lowest BCUT2D eigenvalue weighted by Crippen LogP contribution is -2.33. The zero-order valence-corrected chi connectivity index (χ0v) is 15.2. The second-order valence-electron chi connectivity index (χ2n) is 6.16. The number of non-ortho nitro benzene ring substituents is 1. The summed E-state index contributed by atoms with van der Waals surface area (Å²) in [4.78, 5) is 39.2. The maximum absolute atomic E-state index is 12.7. The highest BCUT2D eigenvalue weighted by molar-refractivity contribution is 5.94. The molecule has 142 valence electrons. The summed E-state index contributed by atoms with van der Waals surface area (Å²) in [7, 11) is 0. The van der Waals surface area contributed by atoms with Crippen molar-refractivity contribution in [3.8, 4) is 11.3 Å². The van der Waals surface area contributed by atoms with Crippen molar-refractivity contribution < 1.29 is 9.72 Å². The first-order valence-corrected chi connectivity index (χ1v) is 8.43. The molecule has 1 aromatic carbocycles. The van der Waals surface area contributed by atoms with Crippen molar-refractivity contribution in [2.45, 2.75) is 19.9 Å². The van der Waals surface area contributed by atoms with Crippen LogP contribution >= 0.6 is 0 Å². The maximum Gasteiger partial charge on any atom is 0.271 e. The Morgan fingerprint density at radius 3 is 2.57 bits per heavy atom. The van der Waals surface area contributed by atoms with Crippen LogP contribution in [0, 0.1) is 17.0 Å². The topological polar surface area (TPSA) is 120 Å². The zero-order valence-electron chi connectivity index (χ0n) is 15.2. The smallest absolute Gasteiger partial charge is 0.271 e. The fourth-order valence-electron chi connectivity index (χ4n) is 2.59. The standard InChI is InChI=1S/C19H17N5O4/c1-12-3-4-15(24(27)28)11-17(12)21-19(26)13(2)23-18(25)6-5-16(22-23)14-7-9-20-10-8-14/h3-11,13H,1-2H3,(H,21,26).